The molecule has 0 aliphatic heterocycles. The van der Waals surface area contributed by atoms with Crippen LogP contribution in [0.2, 0.25) is 0 Å². The Balaban J connectivity index is 0.00000162. The Morgan fingerprint density at radius 3 is 2.56 bits per heavy atom. The maximum absolute atomic E-state index is 13.5. The molecule has 0 saturated heterocycles. The van der Waals surface area contributed by atoms with E-state index in [-0.39, 0.29) is 35.2 Å². The predicted molar refractivity (Wildman–Crippen MR) is 67.9 cm³/mol. The standard InChI is InChI=1S/C12H9F2N3.ClH/c13-7-4-5-9(14)8(6-7)10-2-1-3-11(17-10)12(15)16;/h1-6H,(H3,15,16);1H. The van der Waals surface area contributed by atoms with E-state index in [9.17, 15) is 8.78 Å². The van der Waals surface area contributed by atoms with Crippen LogP contribution in [0.1, 0.15) is 5.69 Å². The first-order chi connectivity index (χ1) is 8.08. The van der Waals surface area contributed by atoms with E-state index in [0.29, 0.717) is 0 Å². The van der Waals surface area contributed by atoms with Crippen molar-refractivity contribution in [3.8, 4) is 11.3 Å². The highest BCUT2D eigenvalue weighted by molar-refractivity contribution is 5.93. The van der Waals surface area contributed by atoms with Crippen LogP contribution < -0.4 is 5.73 Å². The molecule has 0 unspecified atom stereocenters. The molecule has 1 aromatic carbocycles. The van der Waals surface area contributed by atoms with E-state index < -0.39 is 11.6 Å². The SMILES string of the molecule is Cl.N=C(N)c1cccc(-c2cc(F)ccc2F)n1. The average Bonchev–Trinajstić information content (AvgIpc) is 2.32. The van der Waals surface area contributed by atoms with Crippen molar-refractivity contribution in [3.05, 3.63) is 53.7 Å². The maximum Gasteiger partial charge on any atom is 0.141 e. The smallest absolute Gasteiger partial charge is 0.141 e. The van der Waals surface area contributed by atoms with Gasteiger partial charge in [-0.15, -0.1) is 12.4 Å². The summed E-state index contributed by atoms with van der Waals surface area (Å²) < 4.78 is 26.5. The fourth-order valence-electron chi connectivity index (χ4n) is 1.43. The van der Waals surface area contributed by atoms with Gasteiger partial charge in [-0.1, -0.05) is 6.07 Å². The molecule has 3 N–H and O–H groups in total. The van der Waals surface area contributed by atoms with Gasteiger partial charge in [0.15, 0.2) is 0 Å². The minimum absolute atomic E-state index is 0. The fourth-order valence-corrected chi connectivity index (χ4v) is 1.43. The van der Waals surface area contributed by atoms with Crippen molar-refractivity contribution in [1.29, 1.82) is 5.41 Å². The van der Waals surface area contributed by atoms with Gasteiger partial charge in [-0.3, -0.25) is 5.41 Å². The van der Waals surface area contributed by atoms with Gasteiger partial charge in [0.2, 0.25) is 0 Å². The molecule has 0 aliphatic rings. The second-order valence-corrected chi connectivity index (χ2v) is 3.45. The lowest BCUT2D eigenvalue weighted by Crippen LogP contribution is -2.13. The molecular formula is C12H10ClF2N3. The summed E-state index contributed by atoms with van der Waals surface area (Å²) in [5.74, 6) is -1.33. The minimum Gasteiger partial charge on any atom is -0.382 e. The van der Waals surface area contributed by atoms with Crippen molar-refractivity contribution >= 4 is 18.2 Å². The number of nitrogens with two attached hydrogens (primary N) is 1. The average molecular weight is 270 g/mol. The number of nitrogen functional groups attached to an aromatic ring is 1. The van der Waals surface area contributed by atoms with Gasteiger partial charge in [-0.25, -0.2) is 13.8 Å². The van der Waals surface area contributed by atoms with Crippen LogP contribution in [0.15, 0.2) is 36.4 Å². The van der Waals surface area contributed by atoms with Gasteiger partial charge >= 0.3 is 0 Å². The molecule has 0 saturated carbocycles. The highest BCUT2D eigenvalue weighted by Crippen LogP contribution is 2.21. The van der Waals surface area contributed by atoms with Crippen LogP contribution in [0.4, 0.5) is 8.78 Å². The number of hydrogen-bond acceptors (Lipinski definition) is 2. The van der Waals surface area contributed by atoms with E-state index in [1.807, 2.05) is 0 Å². The lowest BCUT2D eigenvalue weighted by Gasteiger charge is -2.04. The summed E-state index contributed by atoms with van der Waals surface area (Å²) in [4.78, 5) is 3.99. The van der Waals surface area contributed by atoms with Gasteiger partial charge in [0.25, 0.3) is 0 Å². The Morgan fingerprint density at radius 1 is 1.17 bits per heavy atom. The molecule has 0 spiro atoms. The van der Waals surface area contributed by atoms with E-state index in [1.54, 1.807) is 6.07 Å². The van der Waals surface area contributed by atoms with Gasteiger partial charge in [0.05, 0.1) is 5.69 Å². The molecule has 0 aliphatic carbocycles. The van der Waals surface area contributed by atoms with Gasteiger partial charge < -0.3 is 5.73 Å². The monoisotopic (exact) mass is 269 g/mol. The first-order valence-corrected chi connectivity index (χ1v) is 4.85. The van der Waals surface area contributed by atoms with E-state index in [0.717, 1.165) is 18.2 Å². The number of nitrogens with zero attached hydrogens (tertiary/aromatic N) is 1. The maximum atomic E-state index is 13.5. The van der Waals surface area contributed by atoms with Crippen LogP contribution >= 0.6 is 12.4 Å². The first kappa shape index (κ1) is 14.1. The second-order valence-electron chi connectivity index (χ2n) is 3.45. The van der Waals surface area contributed by atoms with Crippen LogP contribution in [-0.2, 0) is 0 Å². The Labute approximate surface area is 109 Å². The number of hydrogen-bond donors (Lipinski definition) is 2. The summed E-state index contributed by atoms with van der Waals surface area (Å²) in [6.45, 7) is 0. The van der Waals surface area contributed by atoms with Crippen LogP contribution in [0, 0.1) is 17.0 Å². The second kappa shape index (κ2) is 5.55. The third-order valence-electron chi connectivity index (χ3n) is 2.23. The zero-order valence-corrected chi connectivity index (χ0v) is 9.97. The Morgan fingerprint density at radius 2 is 1.89 bits per heavy atom. The number of benzene rings is 1. The normalized spacial score (nSPS) is 9.67. The zero-order valence-electron chi connectivity index (χ0n) is 9.15. The largest absolute Gasteiger partial charge is 0.382 e. The number of aromatic nitrogens is 1. The molecule has 94 valence electrons. The fraction of sp³-hybridized carbons (Fsp3) is 0. The summed E-state index contributed by atoms with van der Waals surface area (Å²) in [6, 6.07) is 7.78. The Hall–Kier alpha value is -2.01. The van der Waals surface area contributed by atoms with Crippen molar-refractivity contribution in [2.24, 2.45) is 5.73 Å². The number of nitrogens with one attached hydrogen (secondary N) is 1. The van der Waals surface area contributed by atoms with Crippen LogP contribution in [0.5, 0.6) is 0 Å². The molecule has 0 atom stereocenters. The van der Waals surface area contributed by atoms with Crippen molar-refractivity contribution in [2.75, 3.05) is 0 Å². The molecule has 0 amide bonds. The highest BCUT2D eigenvalue weighted by atomic mass is 35.5. The quantitative estimate of drug-likeness (QED) is 0.650. The topological polar surface area (TPSA) is 62.8 Å². The van der Waals surface area contributed by atoms with Crippen molar-refractivity contribution in [3.63, 3.8) is 0 Å². The molecule has 0 radical (unpaired) electrons. The summed E-state index contributed by atoms with van der Waals surface area (Å²) in [6.07, 6.45) is 0. The molecule has 18 heavy (non-hydrogen) atoms. The van der Waals surface area contributed by atoms with Gasteiger partial charge in [0.1, 0.15) is 23.2 Å². The van der Waals surface area contributed by atoms with E-state index in [2.05, 4.69) is 4.98 Å². The van der Waals surface area contributed by atoms with Crippen molar-refractivity contribution < 1.29 is 8.78 Å². The summed E-state index contributed by atoms with van der Waals surface area (Å²) in [7, 11) is 0. The van der Waals surface area contributed by atoms with E-state index in [4.69, 9.17) is 11.1 Å². The van der Waals surface area contributed by atoms with E-state index >= 15 is 0 Å². The van der Waals surface area contributed by atoms with Gasteiger partial charge in [0, 0.05) is 5.56 Å². The van der Waals surface area contributed by atoms with Crippen LogP contribution in [0.25, 0.3) is 11.3 Å². The van der Waals surface area contributed by atoms with Crippen molar-refractivity contribution in [2.45, 2.75) is 0 Å². The Kier molecular flexibility index (Phi) is 4.33. The molecular weight excluding hydrogens is 260 g/mol. The molecule has 0 fully saturated rings. The molecule has 2 aromatic rings. The molecule has 3 nitrogen and oxygen atoms in total. The van der Waals surface area contributed by atoms with Crippen LogP contribution in [0.3, 0.4) is 0 Å². The molecule has 6 heteroatoms. The third kappa shape index (κ3) is 2.81. The van der Waals surface area contributed by atoms with Crippen molar-refractivity contribution in [1.82, 2.24) is 4.98 Å². The third-order valence-corrected chi connectivity index (χ3v) is 2.23. The lowest BCUT2D eigenvalue weighted by atomic mass is 10.1. The van der Waals surface area contributed by atoms with Gasteiger partial charge in [-0.2, -0.15) is 0 Å². The molecule has 0 bridgehead atoms. The number of pyridine rings is 1. The predicted octanol–water partition coefficient (Wildman–Crippen LogP) is 2.73. The Bertz CT molecular complexity index is 587. The summed E-state index contributed by atoms with van der Waals surface area (Å²) in [5, 5.41) is 7.24. The number of amidine groups is 1. The zero-order chi connectivity index (χ0) is 12.4. The number of rotatable bonds is 2. The van der Waals surface area contributed by atoms with Crippen LogP contribution in [-0.4, -0.2) is 10.8 Å². The minimum atomic E-state index is -0.570. The lowest BCUT2D eigenvalue weighted by molar-refractivity contribution is 0.602. The molecule has 1 aromatic heterocycles. The molecule has 2 rings (SSSR count). The summed E-state index contributed by atoms with van der Waals surface area (Å²) in [5.41, 5.74) is 5.80. The van der Waals surface area contributed by atoms with Gasteiger partial charge in [-0.05, 0) is 30.3 Å². The first-order valence-electron chi connectivity index (χ1n) is 4.85. The number of halogens is 3. The highest BCUT2D eigenvalue weighted by Gasteiger charge is 2.09. The summed E-state index contributed by atoms with van der Waals surface area (Å²) >= 11 is 0. The van der Waals surface area contributed by atoms with E-state index in [1.165, 1.54) is 12.1 Å². The molecule has 1 heterocycles.